The van der Waals surface area contributed by atoms with E-state index in [1.807, 2.05) is 6.07 Å². The lowest BCUT2D eigenvalue weighted by Gasteiger charge is -2.03. The predicted molar refractivity (Wildman–Crippen MR) is 80.1 cm³/mol. The third-order valence-electron chi connectivity index (χ3n) is 3.09. The Balaban J connectivity index is 2.26. The summed E-state index contributed by atoms with van der Waals surface area (Å²) < 4.78 is 0. The predicted octanol–water partition coefficient (Wildman–Crippen LogP) is 4.58. The van der Waals surface area contributed by atoms with Gasteiger partial charge in [0.15, 0.2) is 5.78 Å². The number of phenolic OH excluding ortho intramolecular Hbond substituents is 1. The normalized spacial score (nSPS) is 11.3. The first kappa shape index (κ1) is 15.5. The van der Waals surface area contributed by atoms with E-state index < -0.39 is 0 Å². The summed E-state index contributed by atoms with van der Waals surface area (Å²) in [6.07, 6.45) is 8.37. The fourth-order valence-corrected chi connectivity index (χ4v) is 1.92. The van der Waals surface area contributed by atoms with E-state index in [1.54, 1.807) is 30.4 Å². The van der Waals surface area contributed by atoms with Crippen LogP contribution in [0.15, 0.2) is 30.3 Å². The van der Waals surface area contributed by atoms with Crippen LogP contribution in [0.4, 0.5) is 0 Å². The molecule has 0 saturated carbocycles. The zero-order valence-corrected chi connectivity index (χ0v) is 11.9. The monoisotopic (exact) mass is 260 g/mol. The minimum atomic E-state index is 0.132. The van der Waals surface area contributed by atoms with E-state index in [9.17, 15) is 9.90 Å². The molecule has 0 spiro atoms. The zero-order chi connectivity index (χ0) is 14.1. The van der Waals surface area contributed by atoms with E-state index >= 15 is 0 Å². The average Bonchev–Trinajstić information content (AvgIpc) is 2.37. The Bertz CT molecular complexity index is 419. The minimum absolute atomic E-state index is 0.132. The Kier molecular flexibility index (Phi) is 6.94. The Morgan fingerprint density at radius 1 is 1.21 bits per heavy atom. The van der Waals surface area contributed by atoms with Gasteiger partial charge in [0.2, 0.25) is 0 Å². The van der Waals surface area contributed by atoms with Gasteiger partial charge in [0, 0.05) is 12.0 Å². The molecule has 0 aliphatic heterocycles. The van der Waals surface area contributed by atoms with E-state index in [0.29, 0.717) is 12.0 Å². The maximum Gasteiger partial charge on any atom is 0.155 e. The Labute approximate surface area is 116 Å². The molecule has 1 aromatic carbocycles. The highest BCUT2D eigenvalue weighted by atomic mass is 16.3. The number of unbranched alkanes of at least 4 members (excludes halogenated alkanes) is 2. The molecule has 0 saturated heterocycles. The Hall–Kier alpha value is -1.57. The summed E-state index contributed by atoms with van der Waals surface area (Å²) in [5.74, 6) is 1.09. The van der Waals surface area contributed by atoms with Gasteiger partial charge in [-0.05, 0) is 30.6 Å². The molecule has 19 heavy (non-hydrogen) atoms. The average molecular weight is 260 g/mol. The molecule has 0 aliphatic rings. The number of ketones is 1. The van der Waals surface area contributed by atoms with Gasteiger partial charge >= 0.3 is 0 Å². The van der Waals surface area contributed by atoms with Gasteiger partial charge in [-0.2, -0.15) is 0 Å². The topological polar surface area (TPSA) is 37.3 Å². The third-order valence-corrected chi connectivity index (χ3v) is 3.09. The Morgan fingerprint density at radius 3 is 2.63 bits per heavy atom. The maximum atomic E-state index is 11.7. The van der Waals surface area contributed by atoms with E-state index in [1.165, 1.54) is 12.8 Å². The first-order valence-corrected chi connectivity index (χ1v) is 7.08. The summed E-state index contributed by atoms with van der Waals surface area (Å²) in [4.78, 5) is 11.7. The lowest BCUT2D eigenvalue weighted by molar-refractivity contribution is -0.114. The molecule has 0 aliphatic carbocycles. The van der Waals surface area contributed by atoms with Gasteiger partial charge in [-0.3, -0.25) is 4.79 Å². The number of hydrogen-bond donors (Lipinski definition) is 1. The molecule has 0 heterocycles. The molecule has 0 amide bonds. The third kappa shape index (κ3) is 6.80. The van der Waals surface area contributed by atoms with Crippen molar-refractivity contribution in [2.75, 3.05) is 0 Å². The molecule has 0 aromatic heterocycles. The molecule has 0 bridgehead atoms. The summed E-state index contributed by atoms with van der Waals surface area (Å²) in [6, 6.07) is 7.02. The number of aromatic hydroxyl groups is 1. The largest absolute Gasteiger partial charge is 0.507 e. The van der Waals surface area contributed by atoms with Crippen LogP contribution in [0.3, 0.4) is 0 Å². The highest BCUT2D eigenvalue weighted by molar-refractivity contribution is 5.93. The van der Waals surface area contributed by atoms with Crippen LogP contribution in [0.5, 0.6) is 5.75 Å². The molecule has 0 unspecified atom stereocenters. The molecule has 1 rings (SSSR count). The number of carbonyl (C=O) groups is 1. The van der Waals surface area contributed by atoms with Crippen molar-refractivity contribution in [2.45, 2.75) is 46.0 Å². The molecule has 1 N–H and O–H groups in total. The van der Waals surface area contributed by atoms with Crippen molar-refractivity contribution >= 4 is 11.9 Å². The molecular formula is C17H24O2. The molecule has 0 atom stereocenters. The lowest BCUT2D eigenvalue weighted by Crippen LogP contribution is -1.93. The maximum absolute atomic E-state index is 11.7. The second kappa shape index (κ2) is 8.52. The van der Waals surface area contributed by atoms with Crippen LogP contribution in [0.1, 0.15) is 51.5 Å². The van der Waals surface area contributed by atoms with Crippen LogP contribution in [0, 0.1) is 5.92 Å². The number of para-hydroxylation sites is 1. The van der Waals surface area contributed by atoms with Crippen LogP contribution in [-0.4, -0.2) is 10.9 Å². The number of hydrogen-bond acceptors (Lipinski definition) is 2. The molecular weight excluding hydrogens is 236 g/mol. The molecule has 1 aromatic rings. The van der Waals surface area contributed by atoms with E-state index in [0.717, 1.165) is 18.8 Å². The standard InChI is InChI=1S/C17H24O2/c1-14(2)8-4-3-5-10-16(18)13-12-15-9-6-7-11-17(15)19/h6-7,9,11-14,19H,3-5,8,10H2,1-2H3/b13-12+. The van der Waals surface area contributed by atoms with E-state index in [-0.39, 0.29) is 11.5 Å². The summed E-state index contributed by atoms with van der Waals surface area (Å²) in [7, 11) is 0. The fourth-order valence-electron chi connectivity index (χ4n) is 1.92. The van der Waals surface area contributed by atoms with Crippen molar-refractivity contribution in [3.8, 4) is 5.75 Å². The van der Waals surface area contributed by atoms with Crippen molar-refractivity contribution < 1.29 is 9.90 Å². The van der Waals surface area contributed by atoms with E-state index in [4.69, 9.17) is 0 Å². The second-order valence-electron chi connectivity index (χ2n) is 5.35. The first-order chi connectivity index (χ1) is 9.09. The lowest BCUT2D eigenvalue weighted by atomic mass is 10.0. The van der Waals surface area contributed by atoms with Crippen LogP contribution in [0.25, 0.3) is 6.08 Å². The zero-order valence-electron chi connectivity index (χ0n) is 11.9. The van der Waals surface area contributed by atoms with Crippen molar-refractivity contribution in [3.05, 3.63) is 35.9 Å². The van der Waals surface area contributed by atoms with Crippen LogP contribution < -0.4 is 0 Å². The number of carbonyl (C=O) groups excluding carboxylic acids is 1. The number of phenols is 1. The second-order valence-corrected chi connectivity index (χ2v) is 5.35. The van der Waals surface area contributed by atoms with Gasteiger partial charge in [0.1, 0.15) is 5.75 Å². The summed E-state index contributed by atoms with van der Waals surface area (Å²) in [5, 5.41) is 9.56. The number of rotatable bonds is 8. The van der Waals surface area contributed by atoms with Crippen molar-refractivity contribution in [1.82, 2.24) is 0 Å². The van der Waals surface area contributed by atoms with Gasteiger partial charge in [-0.25, -0.2) is 0 Å². The molecule has 104 valence electrons. The molecule has 2 nitrogen and oxygen atoms in total. The van der Waals surface area contributed by atoms with E-state index in [2.05, 4.69) is 13.8 Å². The quantitative estimate of drug-likeness (QED) is 0.548. The van der Waals surface area contributed by atoms with Gasteiger partial charge in [-0.1, -0.05) is 51.3 Å². The first-order valence-electron chi connectivity index (χ1n) is 7.08. The summed E-state index contributed by atoms with van der Waals surface area (Å²) >= 11 is 0. The van der Waals surface area contributed by atoms with Crippen LogP contribution in [-0.2, 0) is 4.79 Å². The van der Waals surface area contributed by atoms with Crippen molar-refractivity contribution in [1.29, 1.82) is 0 Å². The highest BCUT2D eigenvalue weighted by Gasteiger charge is 2.00. The minimum Gasteiger partial charge on any atom is -0.507 e. The van der Waals surface area contributed by atoms with Crippen molar-refractivity contribution in [2.24, 2.45) is 5.92 Å². The van der Waals surface area contributed by atoms with Gasteiger partial charge in [0.25, 0.3) is 0 Å². The Morgan fingerprint density at radius 2 is 1.95 bits per heavy atom. The van der Waals surface area contributed by atoms with Gasteiger partial charge < -0.3 is 5.11 Å². The molecule has 0 fully saturated rings. The molecule has 0 radical (unpaired) electrons. The molecule has 2 heteroatoms. The summed E-state index contributed by atoms with van der Waals surface area (Å²) in [5.41, 5.74) is 0.690. The summed E-state index contributed by atoms with van der Waals surface area (Å²) in [6.45, 7) is 4.44. The number of benzene rings is 1. The van der Waals surface area contributed by atoms with Crippen molar-refractivity contribution in [3.63, 3.8) is 0 Å². The SMILES string of the molecule is CC(C)CCCCCC(=O)/C=C/c1ccccc1O. The fraction of sp³-hybridized carbons (Fsp3) is 0.471. The smallest absolute Gasteiger partial charge is 0.155 e. The highest BCUT2D eigenvalue weighted by Crippen LogP contribution is 2.17. The van der Waals surface area contributed by atoms with Crippen LogP contribution in [0.2, 0.25) is 0 Å². The number of allylic oxidation sites excluding steroid dienone is 1. The van der Waals surface area contributed by atoms with Gasteiger partial charge in [0.05, 0.1) is 0 Å². The van der Waals surface area contributed by atoms with Gasteiger partial charge in [-0.15, -0.1) is 0 Å². The van der Waals surface area contributed by atoms with Crippen LogP contribution >= 0.6 is 0 Å².